The van der Waals surface area contributed by atoms with Crippen molar-refractivity contribution in [2.45, 2.75) is 33.2 Å². The van der Waals surface area contributed by atoms with Gasteiger partial charge in [0.2, 0.25) is 0 Å². The number of hydrogen-bond acceptors (Lipinski definition) is 2. The number of aromatic nitrogens is 1. The van der Waals surface area contributed by atoms with Crippen LogP contribution in [0.4, 0.5) is 0 Å². The second-order valence-electron chi connectivity index (χ2n) is 4.57. The standard InChI is InChI=1S/C14H16ClNO2.Na/c1-9-6-12(15)8-11-7-10(2)16(14(9)11)5-3-4-13(17)18;/h6-8H,3-5H2,1-2H3,(H,17,18);/q;+1/p-1. The van der Waals surface area contributed by atoms with Crippen LogP contribution >= 0.6 is 11.6 Å². The fourth-order valence-electron chi connectivity index (χ4n) is 2.39. The Morgan fingerprint density at radius 2 is 2.00 bits per heavy atom. The van der Waals surface area contributed by atoms with E-state index < -0.39 is 5.97 Å². The number of carbonyl (C=O) groups is 1. The van der Waals surface area contributed by atoms with E-state index in [0.717, 1.165) is 27.2 Å². The molecule has 0 atom stereocenters. The molecule has 0 radical (unpaired) electrons. The number of halogens is 1. The minimum Gasteiger partial charge on any atom is -0.550 e. The van der Waals surface area contributed by atoms with E-state index in [1.807, 2.05) is 26.0 Å². The summed E-state index contributed by atoms with van der Waals surface area (Å²) in [5, 5.41) is 12.3. The number of fused-ring (bicyclic) bond motifs is 1. The largest absolute Gasteiger partial charge is 1.00 e. The van der Waals surface area contributed by atoms with Gasteiger partial charge in [0, 0.05) is 28.6 Å². The molecule has 0 spiro atoms. The first-order chi connectivity index (χ1) is 8.49. The summed E-state index contributed by atoms with van der Waals surface area (Å²) >= 11 is 6.04. The summed E-state index contributed by atoms with van der Waals surface area (Å²) in [4.78, 5) is 10.5. The summed E-state index contributed by atoms with van der Waals surface area (Å²) in [5.41, 5.74) is 3.36. The van der Waals surface area contributed by atoms with Crippen molar-refractivity contribution < 1.29 is 39.5 Å². The van der Waals surface area contributed by atoms with Gasteiger partial charge in [0.05, 0.1) is 5.52 Å². The van der Waals surface area contributed by atoms with E-state index in [2.05, 4.69) is 10.6 Å². The summed E-state index contributed by atoms with van der Waals surface area (Å²) in [6.07, 6.45) is 0.667. The maximum absolute atomic E-state index is 10.5. The van der Waals surface area contributed by atoms with Crippen LogP contribution in [-0.2, 0) is 11.3 Å². The molecule has 0 aliphatic rings. The van der Waals surface area contributed by atoms with E-state index in [-0.39, 0.29) is 36.0 Å². The molecule has 2 aromatic rings. The van der Waals surface area contributed by atoms with Gasteiger partial charge < -0.3 is 14.5 Å². The Balaban J connectivity index is 0.00000180. The van der Waals surface area contributed by atoms with Crippen molar-refractivity contribution in [1.29, 1.82) is 0 Å². The third-order valence-electron chi connectivity index (χ3n) is 3.12. The van der Waals surface area contributed by atoms with Gasteiger partial charge in [0.15, 0.2) is 0 Å². The predicted molar refractivity (Wildman–Crippen MR) is 70.7 cm³/mol. The zero-order chi connectivity index (χ0) is 13.3. The molecule has 1 aromatic carbocycles. The Hall–Kier alpha value is -0.480. The zero-order valence-electron chi connectivity index (χ0n) is 11.5. The van der Waals surface area contributed by atoms with E-state index >= 15 is 0 Å². The molecule has 2 rings (SSSR count). The maximum Gasteiger partial charge on any atom is 1.00 e. The van der Waals surface area contributed by atoms with Crippen LogP contribution in [0.15, 0.2) is 18.2 Å². The number of rotatable bonds is 4. The molecule has 0 bridgehead atoms. The summed E-state index contributed by atoms with van der Waals surface area (Å²) in [6, 6.07) is 5.94. The van der Waals surface area contributed by atoms with Gasteiger partial charge in [-0.25, -0.2) is 0 Å². The first-order valence-corrected chi connectivity index (χ1v) is 6.32. The number of aryl methyl sites for hydroxylation is 3. The predicted octanol–water partition coefficient (Wildman–Crippen LogP) is -0.554. The average molecular weight is 288 g/mol. The molecule has 0 aliphatic heterocycles. The number of aliphatic carboxylic acids is 1. The summed E-state index contributed by atoms with van der Waals surface area (Å²) in [5.74, 6) is -0.996. The van der Waals surface area contributed by atoms with Crippen molar-refractivity contribution in [2.75, 3.05) is 0 Å². The fourth-order valence-corrected chi connectivity index (χ4v) is 2.67. The Kier molecular flexibility index (Phi) is 5.93. The van der Waals surface area contributed by atoms with Gasteiger partial charge in [-0.3, -0.25) is 0 Å². The second kappa shape index (κ2) is 6.80. The quantitative estimate of drug-likeness (QED) is 0.708. The number of carboxylic acid groups (broad SMARTS) is 1. The molecule has 5 heteroatoms. The van der Waals surface area contributed by atoms with Crippen LogP contribution in [0.3, 0.4) is 0 Å². The van der Waals surface area contributed by atoms with Crippen LogP contribution in [0.25, 0.3) is 10.9 Å². The van der Waals surface area contributed by atoms with Crippen LogP contribution in [0.1, 0.15) is 24.1 Å². The van der Waals surface area contributed by atoms with Gasteiger partial charge in [0.25, 0.3) is 0 Å². The molecule has 19 heavy (non-hydrogen) atoms. The molecule has 0 N–H and O–H groups in total. The van der Waals surface area contributed by atoms with Gasteiger partial charge in [-0.05, 0) is 50.5 Å². The van der Waals surface area contributed by atoms with Gasteiger partial charge in [-0.2, -0.15) is 0 Å². The summed E-state index contributed by atoms with van der Waals surface area (Å²) in [6.45, 7) is 4.72. The Labute approximate surface area is 139 Å². The Morgan fingerprint density at radius 3 is 2.63 bits per heavy atom. The van der Waals surface area contributed by atoms with Crippen molar-refractivity contribution in [3.63, 3.8) is 0 Å². The Morgan fingerprint density at radius 1 is 1.32 bits per heavy atom. The molecular formula is C14H15ClNNaO2. The number of carboxylic acids is 1. The first kappa shape index (κ1) is 16.6. The van der Waals surface area contributed by atoms with Crippen LogP contribution in [-0.4, -0.2) is 10.5 Å². The van der Waals surface area contributed by atoms with Gasteiger partial charge in [0.1, 0.15) is 0 Å². The molecule has 0 saturated heterocycles. The molecule has 96 valence electrons. The van der Waals surface area contributed by atoms with E-state index in [4.69, 9.17) is 11.6 Å². The van der Waals surface area contributed by atoms with Gasteiger partial charge in [-0.15, -0.1) is 0 Å². The fraction of sp³-hybridized carbons (Fsp3) is 0.357. The number of nitrogens with zero attached hydrogens (tertiary/aromatic N) is 1. The van der Waals surface area contributed by atoms with Crippen LogP contribution in [0, 0.1) is 13.8 Å². The minimum absolute atomic E-state index is 0. The summed E-state index contributed by atoms with van der Waals surface area (Å²) in [7, 11) is 0. The third-order valence-corrected chi connectivity index (χ3v) is 3.34. The smallest absolute Gasteiger partial charge is 0.550 e. The molecule has 0 amide bonds. The topological polar surface area (TPSA) is 45.1 Å². The number of hydrogen-bond donors (Lipinski definition) is 0. The molecule has 1 heterocycles. The summed E-state index contributed by atoms with van der Waals surface area (Å²) < 4.78 is 2.14. The minimum atomic E-state index is -0.996. The monoisotopic (exact) mass is 287 g/mol. The molecule has 3 nitrogen and oxygen atoms in total. The third kappa shape index (κ3) is 3.76. The van der Waals surface area contributed by atoms with E-state index in [1.54, 1.807) is 0 Å². The number of carbonyl (C=O) groups excluding carboxylic acids is 1. The van der Waals surface area contributed by atoms with Crippen LogP contribution in [0.5, 0.6) is 0 Å². The van der Waals surface area contributed by atoms with Crippen molar-refractivity contribution in [2.24, 2.45) is 0 Å². The first-order valence-electron chi connectivity index (χ1n) is 5.95. The van der Waals surface area contributed by atoms with Gasteiger partial charge in [-0.1, -0.05) is 11.6 Å². The maximum atomic E-state index is 10.5. The molecular weight excluding hydrogens is 273 g/mol. The van der Waals surface area contributed by atoms with Crippen molar-refractivity contribution in [3.05, 3.63) is 34.5 Å². The molecule has 0 fully saturated rings. The van der Waals surface area contributed by atoms with E-state index in [1.165, 1.54) is 0 Å². The molecule has 0 saturated carbocycles. The molecule has 1 aromatic heterocycles. The normalized spacial score (nSPS) is 10.5. The van der Waals surface area contributed by atoms with Crippen LogP contribution in [0.2, 0.25) is 5.02 Å². The number of benzene rings is 1. The van der Waals surface area contributed by atoms with Crippen molar-refractivity contribution in [3.8, 4) is 0 Å². The van der Waals surface area contributed by atoms with E-state index in [0.29, 0.717) is 13.0 Å². The SMILES string of the molecule is Cc1cc(Cl)cc2cc(C)n(CCCC(=O)[O-])c12.[Na+]. The average Bonchev–Trinajstić information content (AvgIpc) is 2.54. The van der Waals surface area contributed by atoms with E-state index in [9.17, 15) is 9.90 Å². The van der Waals surface area contributed by atoms with Gasteiger partial charge >= 0.3 is 29.6 Å². The molecule has 0 aliphatic carbocycles. The van der Waals surface area contributed by atoms with Crippen molar-refractivity contribution >= 4 is 28.5 Å². The van der Waals surface area contributed by atoms with Crippen LogP contribution < -0.4 is 34.7 Å². The zero-order valence-corrected chi connectivity index (χ0v) is 14.3. The van der Waals surface area contributed by atoms with Crippen molar-refractivity contribution in [1.82, 2.24) is 4.57 Å². The Bertz CT molecular complexity index is 607. The second-order valence-corrected chi connectivity index (χ2v) is 5.01. The molecule has 0 unspecified atom stereocenters.